The lowest BCUT2D eigenvalue weighted by molar-refractivity contribution is -0.00880. The van der Waals surface area contributed by atoms with Gasteiger partial charge in [-0.25, -0.2) is 9.59 Å². The van der Waals surface area contributed by atoms with Crippen LogP contribution in [0.15, 0.2) is 97.1 Å². The fourth-order valence-electron chi connectivity index (χ4n) is 3.72. The summed E-state index contributed by atoms with van der Waals surface area (Å²) in [5, 5.41) is 18.8. The minimum atomic E-state index is -0.484. The summed E-state index contributed by atoms with van der Waals surface area (Å²) in [7, 11) is 0. The number of esters is 2. The van der Waals surface area contributed by atoms with Gasteiger partial charge >= 0.3 is 11.9 Å². The molecule has 0 bridgehead atoms. The molecule has 0 heterocycles. The number of rotatable bonds is 10. The van der Waals surface area contributed by atoms with E-state index in [1.807, 2.05) is 24.3 Å². The van der Waals surface area contributed by atoms with Gasteiger partial charge in [-0.1, -0.05) is 48.5 Å². The van der Waals surface area contributed by atoms with Crippen molar-refractivity contribution in [3.63, 3.8) is 0 Å². The van der Waals surface area contributed by atoms with Gasteiger partial charge in [-0.15, -0.1) is 0 Å². The highest BCUT2D eigenvalue weighted by atomic mass is 16.6. The quantitative estimate of drug-likeness (QED) is 0.203. The van der Waals surface area contributed by atoms with Crippen molar-refractivity contribution >= 4 is 11.9 Å². The Balaban J connectivity index is 1.15. The smallest absolute Gasteiger partial charge is 0.338 e. The Kier molecular flexibility index (Phi) is 8.74. The zero-order chi connectivity index (χ0) is 26.9. The number of ether oxygens (including phenoxy) is 3. The van der Waals surface area contributed by atoms with Crippen LogP contribution in [-0.2, 0) is 14.2 Å². The number of benzene rings is 4. The van der Waals surface area contributed by atoms with Crippen LogP contribution in [0.25, 0.3) is 22.3 Å². The highest BCUT2D eigenvalue weighted by Crippen LogP contribution is 2.23. The number of phenols is 2. The van der Waals surface area contributed by atoms with Crippen molar-refractivity contribution < 1.29 is 34.0 Å². The standard InChI is InChI=1S/C31H28O7/c1-21(38-31(35)27-8-4-23(5-9-27)25-12-16-29(33)17-13-25)20-36-18-19-37-30(34)26-6-2-22(3-7-26)24-10-14-28(32)15-11-24/h2-17,21,32-33H,18-20H2,1H3. The number of phenolic OH excluding ortho intramolecular Hbond substituents is 2. The normalized spacial score (nSPS) is 11.5. The minimum Gasteiger partial charge on any atom is -0.508 e. The fraction of sp³-hybridized carbons (Fsp3) is 0.161. The first kappa shape index (κ1) is 26.4. The average molecular weight is 513 g/mol. The van der Waals surface area contributed by atoms with E-state index in [1.165, 1.54) is 0 Å². The third-order valence-electron chi connectivity index (χ3n) is 5.76. The molecule has 0 fully saturated rings. The minimum absolute atomic E-state index is 0.0674. The third-order valence-corrected chi connectivity index (χ3v) is 5.76. The van der Waals surface area contributed by atoms with E-state index in [-0.39, 0.29) is 31.3 Å². The number of carbonyl (C=O) groups excluding carboxylic acids is 2. The van der Waals surface area contributed by atoms with Gasteiger partial charge in [0.15, 0.2) is 0 Å². The molecule has 0 radical (unpaired) electrons. The Morgan fingerprint density at radius 3 is 1.45 bits per heavy atom. The summed E-state index contributed by atoms with van der Waals surface area (Å²) in [6.45, 7) is 2.12. The Morgan fingerprint density at radius 1 is 0.605 bits per heavy atom. The highest BCUT2D eigenvalue weighted by molar-refractivity contribution is 5.90. The van der Waals surface area contributed by atoms with Crippen molar-refractivity contribution in [3.8, 4) is 33.8 Å². The molecule has 4 rings (SSSR count). The second-order valence-corrected chi connectivity index (χ2v) is 8.68. The van der Waals surface area contributed by atoms with Gasteiger partial charge in [-0.05, 0) is 77.7 Å². The van der Waals surface area contributed by atoms with Crippen LogP contribution in [0.1, 0.15) is 27.6 Å². The largest absolute Gasteiger partial charge is 0.508 e. The molecule has 194 valence electrons. The number of hydrogen-bond acceptors (Lipinski definition) is 7. The van der Waals surface area contributed by atoms with E-state index in [4.69, 9.17) is 14.2 Å². The molecule has 7 heteroatoms. The van der Waals surface area contributed by atoms with Crippen LogP contribution in [0, 0.1) is 0 Å². The Morgan fingerprint density at radius 2 is 1.00 bits per heavy atom. The van der Waals surface area contributed by atoms with E-state index in [9.17, 15) is 19.8 Å². The summed E-state index contributed by atoms with van der Waals surface area (Å²) in [4.78, 5) is 24.7. The topological polar surface area (TPSA) is 102 Å². The second-order valence-electron chi connectivity index (χ2n) is 8.68. The molecule has 2 N–H and O–H groups in total. The molecule has 1 unspecified atom stereocenters. The van der Waals surface area contributed by atoms with Crippen LogP contribution in [0.4, 0.5) is 0 Å². The zero-order valence-electron chi connectivity index (χ0n) is 20.9. The summed E-state index contributed by atoms with van der Waals surface area (Å²) in [6.07, 6.45) is -0.484. The van der Waals surface area contributed by atoms with E-state index < -0.39 is 18.0 Å². The van der Waals surface area contributed by atoms with Gasteiger partial charge in [-0.2, -0.15) is 0 Å². The maximum Gasteiger partial charge on any atom is 0.338 e. The first-order chi connectivity index (χ1) is 18.4. The molecule has 0 saturated carbocycles. The van der Waals surface area contributed by atoms with Crippen molar-refractivity contribution in [3.05, 3.63) is 108 Å². The van der Waals surface area contributed by atoms with Crippen molar-refractivity contribution in [1.29, 1.82) is 0 Å². The maximum atomic E-state index is 12.4. The molecule has 0 aliphatic rings. The second kappa shape index (κ2) is 12.6. The van der Waals surface area contributed by atoms with Gasteiger partial charge in [-0.3, -0.25) is 0 Å². The lowest BCUT2D eigenvalue weighted by Crippen LogP contribution is -2.22. The predicted molar refractivity (Wildman–Crippen MR) is 143 cm³/mol. The number of carbonyl (C=O) groups is 2. The molecule has 4 aromatic rings. The van der Waals surface area contributed by atoms with E-state index in [0.29, 0.717) is 11.1 Å². The molecule has 0 aliphatic heterocycles. The van der Waals surface area contributed by atoms with Crippen molar-refractivity contribution in [2.75, 3.05) is 19.8 Å². The van der Waals surface area contributed by atoms with Gasteiger partial charge in [0.05, 0.1) is 24.3 Å². The van der Waals surface area contributed by atoms with Crippen molar-refractivity contribution in [2.45, 2.75) is 13.0 Å². The number of aromatic hydroxyl groups is 2. The van der Waals surface area contributed by atoms with Crippen LogP contribution >= 0.6 is 0 Å². The third kappa shape index (κ3) is 7.21. The molecule has 38 heavy (non-hydrogen) atoms. The van der Waals surface area contributed by atoms with E-state index in [0.717, 1.165) is 22.3 Å². The van der Waals surface area contributed by atoms with Gasteiger partial charge in [0, 0.05) is 0 Å². The monoisotopic (exact) mass is 512 g/mol. The maximum absolute atomic E-state index is 12.4. The van der Waals surface area contributed by atoms with Crippen molar-refractivity contribution in [1.82, 2.24) is 0 Å². The SMILES string of the molecule is CC(COCCOC(=O)c1ccc(-c2ccc(O)cc2)cc1)OC(=O)c1ccc(-c2ccc(O)cc2)cc1. The lowest BCUT2D eigenvalue weighted by atomic mass is 10.0. The predicted octanol–water partition coefficient (Wildman–Crippen LogP) is 5.85. The van der Waals surface area contributed by atoms with E-state index in [2.05, 4.69) is 0 Å². The fourth-order valence-corrected chi connectivity index (χ4v) is 3.72. The van der Waals surface area contributed by atoms with Crippen LogP contribution in [0.3, 0.4) is 0 Å². The molecule has 0 aromatic heterocycles. The van der Waals surface area contributed by atoms with Crippen LogP contribution < -0.4 is 0 Å². The van der Waals surface area contributed by atoms with E-state index >= 15 is 0 Å². The summed E-state index contributed by atoms with van der Waals surface area (Å²) in [5.41, 5.74) is 4.53. The molecule has 0 spiro atoms. The summed E-state index contributed by atoms with van der Waals surface area (Å²) in [6, 6.07) is 27.6. The number of hydrogen-bond donors (Lipinski definition) is 2. The van der Waals surface area contributed by atoms with Crippen LogP contribution in [0.2, 0.25) is 0 Å². The highest BCUT2D eigenvalue weighted by Gasteiger charge is 2.13. The first-order valence-electron chi connectivity index (χ1n) is 12.1. The molecule has 4 aromatic carbocycles. The molecule has 0 saturated heterocycles. The summed E-state index contributed by atoms with van der Waals surface area (Å²) >= 11 is 0. The summed E-state index contributed by atoms with van der Waals surface area (Å²) in [5.74, 6) is -0.524. The van der Waals surface area contributed by atoms with Gasteiger partial charge in [0.2, 0.25) is 0 Å². The average Bonchev–Trinajstić information content (AvgIpc) is 2.94. The molecular formula is C31H28O7. The van der Waals surface area contributed by atoms with Crippen LogP contribution in [0.5, 0.6) is 11.5 Å². The van der Waals surface area contributed by atoms with E-state index in [1.54, 1.807) is 79.7 Å². The lowest BCUT2D eigenvalue weighted by Gasteiger charge is -2.14. The van der Waals surface area contributed by atoms with Gasteiger partial charge < -0.3 is 24.4 Å². The first-order valence-corrected chi connectivity index (χ1v) is 12.1. The van der Waals surface area contributed by atoms with Crippen molar-refractivity contribution in [2.24, 2.45) is 0 Å². The molecule has 0 aliphatic carbocycles. The zero-order valence-corrected chi connectivity index (χ0v) is 20.9. The van der Waals surface area contributed by atoms with Crippen LogP contribution in [-0.4, -0.2) is 48.1 Å². The molecule has 7 nitrogen and oxygen atoms in total. The Hall–Kier alpha value is -4.62. The van der Waals surface area contributed by atoms with Gasteiger partial charge in [0.1, 0.15) is 24.2 Å². The molecule has 0 amide bonds. The molecular weight excluding hydrogens is 484 g/mol. The molecule has 1 atom stereocenters. The Labute approximate surface area is 220 Å². The van der Waals surface area contributed by atoms with Gasteiger partial charge in [0.25, 0.3) is 0 Å². The summed E-state index contributed by atoms with van der Waals surface area (Å²) < 4.78 is 16.2. The Bertz CT molecular complexity index is 1340.